The lowest BCUT2D eigenvalue weighted by Gasteiger charge is -2.45. The minimum absolute atomic E-state index is 0.878. The highest BCUT2D eigenvalue weighted by Crippen LogP contribution is 2.34. The summed E-state index contributed by atoms with van der Waals surface area (Å²) in [7, 11) is 4.39. The molecule has 0 amide bonds. The van der Waals surface area contributed by atoms with Gasteiger partial charge in [0.25, 0.3) is 0 Å². The van der Waals surface area contributed by atoms with Crippen molar-refractivity contribution in [3.8, 4) is 0 Å². The van der Waals surface area contributed by atoms with Gasteiger partial charge in [0.2, 0.25) is 0 Å². The summed E-state index contributed by atoms with van der Waals surface area (Å²) in [6, 6.07) is 0.878. The first kappa shape index (κ1) is 10.4. The molecule has 2 fully saturated rings. The van der Waals surface area contributed by atoms with Crippen LogP contribution in [-0.2, 0) is 0 Å². The van der Waals surface area contributed by atoms with E-state index < -0.39 is 0 Å². The molecule has 0 saturated heterocycles. The van der Waals surface area contributed by atoms with Gasteiger partial charge in [0.1, 0.15) is 0 Å². The Morgan fingerprint density at radius 2 is 2.00 bits per heavy atom. The molecule has 0 aliphatic heterocycles. The smallest absolute Gasteiger partial charge is 0.0133 e. The van der Waals surface area contributed by atoms with Crippen molar-refractivity contribution >= 4 is 0 Å². The lowest BCUT2D eigenvalue weighted by Crippen LogP contribution is -2.50. The van der Waals surface area contributed by atoms with Gasteiger partial charge in [-0.3, -0.25) is 0 Å². The second-order valence-corrected chi connectivity index (χ2v) is 5.20. The molecule has 0 aromatic rings. The van der Waals surface area contributed by atoms with E-state index >= 15 is 0 Å². The molecule has 0 heterocycles. The van der Waals surface area contributed by atoms with Gasteiger partial charge >= 0.3 is 0 Å². The molecule has 1 N–H and O–H groups in total. The Bertz CT molecular complexity index is 177. The van der Waals surface area contributed by atoms with Gasteiger partial charge in [-0.15, -0.1) is 0 Å². The Kier molecular flexibility index (Phi) is 3.45. The fourth-order valence-electron chi connectivity index (χ4n) is 2.85. The van der Waals surface area contributed by atoms with E-state index in [1.165, 1.54) is 45.2 Å². The summed E-state index contributed by atoms with van der Waals surface area (Å²) in [6.07, 6.45) is 7.29. The monoisotopic (exact) mass is 196 g/mol. The maximum absolute atomic E-state index is 3.31. The molecule has 0 radical (unpaired) electrons. The fourth-order valence-corrected chi connectivity index (χ4v) is 2.85. The van der Waals surface area contributed by atoms with Crippen LogP contribution in [0.5, 0.6) is 0 Å². The average molecular weight is 196 g/mol. The van der Waals surface area contributed by atoms with Gasteiger partial charge in [-0.05, 0) is 58.2 Å². The first-order chi connectivity index (χ1) is 6.81. The standard InChI is InChI=1S/C12H24N2/c1-13-8-11-6-7-12(11)14(2)9-10-4-3-5-10/h10-13H,3-9H2,1-2H3. The Labute approximate surface area is 88.1 Å². The highest BCUT2D eigenvalue weighted by Gasteiger charge is 2.34. The molecule has 0 aromatic carbocycles. The largest absolute Gasteiger partial charge is 0.319 e. The van der Waals surface area contributed by atoms with Gasteiger partial charge in [-0.2, -0.15) is 0 Å². The summed E-state index contributed by atoms with van der Waals surface area (Å²) in [5, 5.41) is 3.31. The Hall–Kier alpha value is -0.0800. The van der Waals surface area contributed by atoms with Crippen LogP contribution in [0.2, 0.25) is 0 Å². The Balaban J connectivity index is 1.70. The molecule has 2 atom stereocenters. The molecule has 2 aliphatic carbocycles. The maximum Gasteiger partial charge on any atom is 0.0133 e. The summed E-state index contributed by atoms with van der Waals surface area (Å²) in [5.74, 6) is 1.95. The molecule has 2 saturated carbocycles. The van der Waals surface area contributed by atoms with Crippen LogP contribution < -0.4 is 5.32 Å². The SMILES string of the molecule is CNCC1CCC1N(C)CC1CCC1. The van der Waals surface area contributed by atoms with Crippen LogP contribution >= 0.6 is 0 Å². The molecule has 2 rings (SSSR count). The van der Waals surface area contributed by atoms with Gasteiger partial charge < -0.3 is 10.2 Å². The molecule has 82 valence electrons. The van der Waals surface area contributed by atoms with Gasteiger partial charge in [0, 0.05) is 12.6 Å². The van der Waals surface area contributed by atoms with Crippen molar-refractivity contribution in [2.45, 2.75) is 38.1 Å². The van der Waals surface area contributed by atoms with E-state index in [1.807, 2.05) is 0 Å². The van der Waals surface area contributed by atoms with Crippen molar-refractivity contribution in [1.82, 2.24) is 10.2 Å². The first-order valence-corrected chi connectivity index (χ1v) is 6.16. The first-order valence-electron chi connectivity index (χ1n) is 6.16. The van der Waals surface area contributed by atoms with Crippen LogP contribution in [-0.4, -0.2) is 38.1 Å². The zero-order chi connectivity index (χ0) is 9.97. The summed E-state index contributed by atoms with van der Waals surface area (Å²) in [6.45, 7) is 2.56. The zero-order valence-electron chi connectivity index (χ0n) is 9.63. The Morgan fingerprint density at radius 3 is 2.43 bits per heavy atom. The third-order valence-corrected chi connectivity index (χ3v) is 4.18. The van der Waals surface area contributed by atoms with Crippen LogP contribution in [0.4, 0.5) is 0 Å². The summed E-state index contributed by atoms with van der Waals surface area (Å²) < 4.78 is 0. The highest BCUT2D eigenvalue weighted by molar-refractivity contribution is 4.89. The van der Waals surface area contributed by atoms with Crippen molar-refractivity contribution in [3.05, 3.63) is 0 Å². The van der Waals surface area contributed by atoms with Crippen LogP contribution in [0, 0.1) is 11.8 Å². The van der Waals surface area contributed by atoms with Crippen LogP contribution in [0.3, 0.4) is 0 Å². The van der Waals surface area contributed by atoms with E-state index in [0.717, 1.165) is 17.9 Å². The third-order valence-electron chi connectivity index (χ3n) is 4.18. The number of nitrogens with one attached hydrogen (secondary N) is 1. The van der Waals surface area contributed by atoms with Crippen LogP contribution in [0.1, 0.15) is 32.1 Å². The van der Waals surface area contributed by atoms with Crippen molar-refractivity contribution in [2.24, 2.45) is 11.8 Å². The molecule has 0 spiro atoms. The lowest BCUT2D eigenvalue weighted by molar-refractivity contribution is 0.0593. The predicted octanol–water partition coefficient (Wildman–Crippen LogP) is 1.72. The number of rotatable bonds is 5. The van der Waals surface area contributed by atoms with Crippen molar-refractivity contribution in [1.29, 1.82) is 0 Å². The molecular weight excluding hydrogens is 172 g/mol. The van der Waals surface area contributed by atoms with Crippen LogP contribution in [0.25, 0.3) is 0 Å². The number of nitrogens with zero attached hydrogens (tertiary/aromatic N) is 1. The topological polar surface area (TPSA) is 15.3 Å². The highest BCUT2D eigenvalue weighted by atomic mass is 15.1. The average Bonchev–Trinajstić information content (AvgIpc) is 2.05. The van der Waals surface area contributed by atoms with Gasteiger partial charge in [-0.1, -0.05) is 6.42 Å². The molecule has 2 unspecified atom stereocenters. The van der Waals surface area contributed by atoms with E-state index in [-0.39, 0.29) is 0 Å². The molecular formula is C12H24N2. The van der Waals surface area contributed by atoms with E-state index in [2.05, 4.69) is 24.3 Å². The maximum atomic E-state index is 3.31. The Morgan fingerprint density at radius 1 is 1.21 bits per heavy atom. The summed E-state index contributed by atoms with van der Waals surface area (Å²) in [4.78, 5) is 2.62. The predicted molar refractivity (Wildman–Crippen MR) is 60.4 cm³/mol. The summed E-state index contributed by atoms with van der Waals surface area (Å²) >= 11 is 0. The van der Waals surface area contributed by atoms with E-state index in [1.54, 1.807) is 0 Å². The fraction of sp³-hybridized carbons (Fsp3) is 1.00. The van der Waals surface area contributed by atoms with Gasteiger partial charge in [-0.25, -0.2) is 0 Å². The second kappa shape index (κ2) is 4.63. The number of hydrogen-bond acceptors (Lipinski definition) is 2. The third kappa shape index (κ3) is 2.12. The van der Waals surface area contributed by atoms with Gasteiger partial charge in [0.05, 0.1) is 0 Å². The number of hydrogen-bond donors (Lipinski definition) is 1. The molecule has 2 heteroatoms. The molecule has 0 bridgehead atoms. The van der Waals surface area contributed by atoms with E-state index in [0.29, 0.717) is 0 Å². The molecule has 2 aliphatic rings. The lowest BCUT2D eigenvalue weighted by atomic mass is 9.77. The minimum atomic E-state index is 0.878. The van der Waals surface area contributed by atoms with Crippen LogP contribution in [0.15, 0.2) is 0 Å². The molecule has 0 aromatic heterocycles. The van der Waals surface area contributed by atoms with E-state index in [4.69, 9.17) is 0 Å². The van der Waals surface area contributed by atoms with Crippen molar-refractivity contribution in [2.75, 3.05) is 27.2 Å². The van der Waals surface area contributed by atoms with Crippen molar-refractivity contribution in [3.63, 3.8) is 0 Å². The molecule has 2 nitrogen and oxygen atoms in total. The zero-order valence-corrected chi connectivity index (χ0v) is 9.63. The second-order valence-electron chi connectivity index (χ2n) is 5.20. The normalized spacial score (nSPS) is 32.8. The van der Waals surface area contributed by atoms with Crippen molar-refractivity contribution < 1.29 is 0 Å². The minimum Gasteiger partial charge on any atom is -0.319 e. The molecule has 14 heavy (non-hydrogen) atoms. The van der Waals surface area contributed by atoms with Gasteiger partial charge in [0.15, 0.2) is 0 Å². The van der Waals surface area contributed by atoms with E-state index in [9.17, 15) is 0 Å². The summed E-state index contributed by atoms with van der Waals surface area (Å²) in [5.41, 5.74) is 0. The quantitative estimate of drug-likeness (QED) is 0.720.